The number of nitrogens with two attached hydrogens (primary N) is 1. The van der Waals surface area contributed by atoms with Gasteiger partial charge >= 0.3 is 12.1 Å². The number of anilines is 3. The average molecular weight is 811 g/mol. The highest BCUT2D eigenvalue weighted by molar-refractivity contribution is 5.96. The Hall–Kier alpha value is -6.71. The van der Waals surface area contributed by atoms with Crippen LogP contribution in [-0.2, 0) is 32.3 Å². The molecule has 1 fully saturated rings. The highest BCUT2D eigenvalue weighted by Crippen LogP contribution is 2.34. The van der Waals surface area contributed by atoms with Gasteiger partial charge in [0.25, 0.3) is 0 Å². The van der Waals surface area contributed by atoms with Gasteiger partial charge in [-0.2, -0.15) is 13.2 Å². The monoisotopic (exact) mass is 810 g/mol. The summed E-state index contributed by atoms with van der Waals surface area (Å²) in [6.07, 6.45) is -5.03. The minimum atomic E-state index is -5.08. The maximum atomic E-state index is 14.1. The second-order valence-corrected chi connectivity index (χ2v) is 13.5. The minimum Gasteiger partial charge on any atom is -0.475 e. The summed E-state index contributed by atoms with van der Waals surface area (Å²) in [6.45, 7) is 5.08. The minimum absolute atomic E-state index is 0.0147. The van der Waals surface area contributed by atoms with Crippen LogP contribution >= 0.6 is 0 Å². The van der Waals surface area contributed by atoms with Crippen LogP contribution in [0.5, 0.6) is 11.5 Å². The molecule has 12 nitrogen and oxygen atoms in total. The topological polar surface area (TPSA) is 158 Å². The smallest absolute Gasteiger partial charge is 0.475 e. The first-order valence-corrected chi connectivity index (χ1v) is 18.8. The van der Waals surface area contributed by atoms with Crippen molar-refractivity contribution in [2.24, 2.45) is 5.73 Å². The van der Waals surface area contributed by atoms with E-state index in [1.807, 2.05) is 120 Å². The fourth-order valence-corrected chi connectivity index (χ4v) is 6.20. The number of alkyl halides is 3. The van der Waals surface area contributed by atoms with Crippen LogP contribution in [0.2, 0.25) is 0 Å². The Balaban J connectivity index is 0.000000867. The molecule has 1 aliphatic heterocycles. The summed E-state index contributed by atoms with van der Waals surface area (Å²) in [7, 11) is 0. The summed E-state index contributed by atoms with van der Waals surface area (Å²) in [6, 6.07) is 40.8. The largest absolute Gasteiger partial charge is 0.490 e. The third-order valence-electron chi connectivity index (χ3n) is 9.12. The van der Waals surface area contributed by atoms with Gasteiger partial charge in [-0.05, 0) is 70.8 Å². The number of rotatable bonds is 13. The molecule has 0 unspecified atom stereocenters. The zero-order chi connectivity index (χ0) is 42.4. The molecule has 5 aromatic rings. The predicted octanol–water partition coefficient (Wildman–Crippen LogP) is 7.36. The standard InChI is InChI=1S/C42H44N6O4.C2HF3O2/c1-31(49)44-36-11-8-10-35(28-36)34-19-17-32(18-20-34)30-48(39-15-5-6-16-40(39)52-38-14-7-9-33(27-38)29-43)42(51)22-21-41(50)45-47-25-23-46(24-26-47)37-12-3-2-4-13-37;3-2(4,5)1(6)7/h2-20,27-28H,21-26,29-30,43H2,1H3,(H,44,49)(H,45,50);(H,6,7). The van der Waals surface area contributed by atoms with E-state index in [0.29, 0.717) is 36.8 Å². The van der Waals surface area contributed by atoms with E-state index < -0.39 is 12.1 Å². The molecule has 1 aliphatic rings. The van der Waals surface area contributed by atoms with Crippen molar-refractivity contribution < 1.29 is 42.2 Å². The average Bonchev–Trinajstić information content (AvgIpc) is 3.23. The maximum absolute atomic E-state index is 14.1. The predicted molar refractivity (Wildman–Crippen MR) is 220 cm³/mol. The number of ether oxygens (including phenoxy) is 1. The first-order chi connectivity index (χ1) is 28.3. The Bertz CT molecular complexity index is 2200. The molecule has 0 aliphatic carbocycles. The molecular formula is C44H45F3N6O6. The van der Waals surface area contributed by atoms with E-state index in [2.05, 4.69) is 27.8 Å². The highest BCUT2D eigenvalue weighted by Gasteiger charge is 2.38. The molecule has 1 heterocycles. The van der Waals surface area contributed by atoms with Gasteiger partial charge < -0.3 is 30.7 Å². The molecule has 0 radical (unpaired) electrons. The molecule has 5 N–H and O–H groups in total. The van der Waals surface area contributed by atoms with Gasteiger partial charge in [0, 0.05) is 63.9 Å². The van der Waals surface area contributed by atoms with Crippen LogP contribution in [0.25, 0.3) is 11.1 Å². The van der Waals surface area contributed by atoms with E-state index in [1.165, 1.54) is 12.6 Å². The number of benzene rings is 5. The number of halogens is 3. The lowest BCUT2D eigenvalue weighted by molar-refractivity contribution is -0.192. The zero-order valence-corrected chi connectivity index (χ0v) is 32.3. The normalized spacial score (nSPS) is 12.7. The number of carbonyl (C=O) groups excluding carboxylic acids is 3. The molecule has 5 aromatic carbocycles. The van der Waals surface area contributed by atoms with E-state index in [1.54, 1.807) is 4.90 Å². The number of amides is 3. The maximum Gasteiger partial charge on any atom is 0.490 e. The van der Waals surface area contributed by atoms with Crippen molar-refractivity contribution in [1.82, 2.24) is 10.4 Å². The number of para-hydroxylation sites is 3. The number of nitrogens with one attached hydrogen (secondary N) is 2. The SMILES string of the molecule is CC(=O)Nc1cccc(-c2ccc(CN(C(=O)CCC(=O)NN3CCN(c4ccccc4)CC3)c3ccccc3Oc3cccc(CN)c3)cc2)c1.O=C(O)C(F)(F)F. The van der Waals surface area contributed by atoms with Crippen LogP contribution in [0, 0.1) is 0 Å². The summed E-state index contributed by atoms with van der Waals surface area (Å²) in [5.41, 5.74) is 15.1. The van der Waals surface area contributed by atoms with Crippen molar-refractivity contribution in [3.05, 3.63) is 139 Å². The molecule has 1 saturated heterocycles. The van der Waals surface area contributed by atoms with Crippen LogP contribution in [0.1, 0.15) is 30.9 Å². The fraction of sp³-hybridized carbons (Fsp3) is 0.227. The van der Waals surface area contributed by atoms with Gasteiger partial charge in [0.1, 0.15) is 5.75 Å². The van der Waals surface area contributed by atoms with Gasteiger partial charge in [-0.1, -0.05) is 78.9 Å². The Morgan fingerprint density at radius 2 is 1.42 bits per heavy atom. The van der Waals surface area contributed by atoms with Crippen LogP contribution in [-0.4, -0.2) is 66.2 Å². The molecule has 0 saturated carbocycles. The van der Waals surface area contributed by atoms with Crippen molar-refractivity contribution in [3.63, 3.8) is 0 Å². The van der Waals surface area contributed by atoms with Crippen molar-refractivity contribution in [2.75, 3.05) is 41.3 Å². The molecular weight excluding hydrogens is 766 g/mol. The van der Waals surface area contributed by atoms with Crippen LogP contribution in [0.4, 0.5) is 30.2 Å². The lowest BCUT2D eigenvalue weighted by Gasteiger charge is -2.36. The number of nitrogens with zero attached hydrogens (tertiary/aromatic N) is 3. The van der Waals surface area contributed by atoms with E-state index in [-0.39, 0.29) is 37.1 Å². The summed E-state index contributed by atoms with van der Waals surface area (Å²) in [4.78, 5) is 51.7. The number of hydrazine groups is 1. The molecule has 0 aromatic heterocycles. The first-order valence-electron chi connectivity index (χ1n) is 18.8. The van der Waals surface area contributed by atoms with Gasteiger partial charge in [0.2, 0.25) is 17.7 Å². The van der Waals surface area contributed by atoms with Crippen molar-refractivity contribution >= 4 is 40.8 Å². The lowest BCUT2D eigenvalue weighted by atomic mass is 10.0. The Morgan fingerprint density at radius 3 is 2.08 bits per heavy atom. The summed E-state index contributed by atoms with van der Waals surface area (Å²) < 4.78 is 38.1. The molecule has 0 bridgehead atoms. The van der Waals surface area contributed by atoms with E-state index in [9.17, 15) is 27.6 Å². The quantitative estimate of drug-likeness (QED) is 0.0954. The Morgan fingerprint density at radius 1 is 0.763 bits per heavy atom. The number of hydrogen-bond acceptors (Lipinski definition) is 8. The van der Waals surface area contributed by atoms with Gasteiger partial charge in [-0.15, -0.1) is 0 Å². The molecule has 3 amide bonds. The number of hydrogen-bond donors (Lipinski definition) is 4. The molecule has 308 valence electrons. The van der Waals surface area contributed by atoms with Gasteiger partial charge in [0.05, 0.1) is 12.2 Å². The summed E-state index contributed by atoms with van der Waals surface area (Å²) in [5.74, 6) is -2.17. The molecule has 15 heteroatoms. The van der Waals surface area contributed by atoms with Crippen LogP contribution < -0.4 is 31.0 Å². The van der Waals surface area contributed by atoms with Crippen molar-refractivity contribution in [1.29, 1.82) is 0 Å². The number of carbonyl (C=O) groups is 4. The first kappa shape index (κ1) is 43.4. The van der Waals surface area contributed by atoms with Crippen LogP contribution in [0.3, 0.4) is 0 Å². The summed E-state index contributed by atoms with van der Waals surface area (Å²) in [5, 5.41) is 11.9. The van der Waals surface area contributed by atoms with Crippen molar-refractivity contribution in [2.45, 2.75) is 39.0 Å². The van der Waals surface area contributed by atoms with E-state index in [4.69, 9.17) is 20.4 Å². The van der Waals surface area contributed by atoms with E-state index in [0.717, 1.165) is 41.0 Å². The lowest BCUT2D eigenvalue weighted by Crippen LogP contribution is -2.53. The van der Waals surface area contributed by atoms with Gasteiger partial charge in [-0.25, -0.2) is 9.80 Å². The zero-order valence-electron chi connectivity index (χ0n) is 32.3. The number of carboxylic acid groups (broad SMARTS) is 1. The molecule has 59 heavy (non-hydrogen) atoms. The molecule has 0 atom stereocenters. The van der Waals surface area contributed by atoms with Gasteiger partial charge in [-0.3, -0.25) is 19.8 Å². The number of piperazine rings is 1. The molecule has 6 rings (SSSR count). The van der Waals surface area contributed by atoms with Gasteiger partial charge in [0.15, 0.2) is 5.75 Å². The Labute approximate surface area is 340 Å². The highest BCUT2D eigenvalue weighted by atomic mass is 19.4. The Kier molecular flexibility index (Phi) is 15.2. The molecule has 0 spiro atoms. The fourth-order valence-electron chi connectivity index (χ4n) is 6.20. The third-order valence-corrected chi connectivity index (χ3v) is 9.12. The van der Waals surface area contributed by atoms with Crippen LogP contribution in [0.15, 0.2) is 127 Å². The third kappa shape index (κ3) is 13.2. The summed E-state index contributed by atoms with van der Waals surface area (Å²) >= 11 is 0. The number of aliphatic carboxylic acids is 1. The van der Waals surface area contributed by atoms with Crippen molar-refractivity contribution in [3.8, 4) is 22.6 Å². The van der Waals surface area contributed by atoms with E-state index >= 15 is 0 Å². The number of carboxylic acids is 1. The second-order valence-electron chi connectivity index (χ2n) is 13.5. The second kappa shape index (κ2) is 20.6.